The first-order valence-corrected chi connectivity index (χ1v) is 6.03. The maximum atomic E-state index is 9.56. The third-order valence-corrected chi connectivity index (χ3v) is 2.53. The van der Waals surface area contributed by atoms with Crippen LogP contribution in [-0.2, 0) is 0 Å². The van der Waals surface area contributed by atoms with Crippen LogP contribution in [0, 0.1) is 0 Å². The summed E-state index contributed by atoms with van der Waals surface area (Å²) in [5.41, 5.74) is 0.762. The van der Waals surface area contributed by atoms with E-state index in [1.54, 1.807) is 6.92 Å². The Morgan fingerprint density at radius 2 is 2.27 bits per heavy atom. The van der Waals surface area contributed by atoms with Gasteiger partial charge in [-0.2, -0.15) is 0 Å². The molecule has 0 aliphatic heterocycles. The van der Waals surface area contributed by atoms with Gasteiger partial charge in [0.15, 0.2) is 0 Å². The maximum Gasteiger partial charge on any atom is 0.125 e. The highest BCUT2D eigenvalue weighted by Crippen LogP contribution is 2.28. The monoisotopic (exact) mass is 334 g/mol. The molecular weight excluding hydrogens is 324 g/mol. The Labute approximate surface area is 106 Å². The molecule has 0 saturated carbocycles. The van der Waals surface area contributed by atoms with Crippen molar-refractivity contribution in [1.29, 1.82) is 0 Å². The second-order valence-corrected chi connectivity index (χ2v) is 5.20. The summed E-state index contributed by atoms with van der Waals surface area (Å²) in [5, 5.41) is 9.56. The Bertz CT molecular complexity index is 362. The van der Waals surface area contributed by atoms with E-state index in [-0.39, 0.29) is 0 Å². The van der Waals surface area contributed by atoms with E-state index in [2.05, 4.69) is 38.4 Å². The van der Waals surface area contributed by atoms with Gasteiger partial charge in [0.25, 0.3) is 0 Å². The van der Waals surface area contributed by atoms with Crippen molar-refractivity contribution in [3.8, 4) is 5.75 Å². The van der Waals surface area contributed by atoms with Crippen molar-refractivity contribution in [1.82, 2.24) is 0 Å². The van der Waals surface area contributed by atoms with Crippen LogP contribution in [0.15, 0.2) is 33.7 Å². The van der Waals surface area contributed by atoms with Crippen LogP contribution in [0.5, 0.6) is 5.75 Å². The van der Waals surface area contributed by atoms with Crippen LogP contribution < -0.4 is 4.74 Å². The Kier molecular flexibility index (Phi) is 4.83. The van der Waals surface area contributed by atoms with Crippen molar-refractivity contribution < 1.29 is 9.84 Å². The second-order valence-electron chi connectivity index (χ2n) is 3.16. The van der Waals surface area contributed by atoms with E-state index >= 15 is 0 Å². The lowest BCUT2D eigenvalue weighted by atomic mass is 10.1. The zero-order valence-corrected chi connectivity index (χ0v) is 11.5. The molecule has 0 heterocycles. The molecule has 0 aliphatic carbocycles. The van der Waals surface area contributed by atoms with Crippen LogP contribution in [0.25, 0.3) is 0 Å². The van der Waals surface area contributed by atoms with E-state index in [1.807, 2.05) is 18.2 Å². The molecule has 0 radical (unpaired) electrons. The Hall–Kier alpha value is -0.320. The first-order valence-electron chi connectivity index (χ1n) is 4.44. The van der Waals surface area contributed by atoms with Crippen LogP contribution in [0.4, 0.5) is 0 Å². The number of ether oxygens (including phenoxy) is 1. The van der Waals surface area contributed by atoms with E-state index in [4.69, 9.17) is 4.74 Å². The van der Waals surface area contributed by atoms with Crippen LogP contribution in [-0.4, -0.2) is 11.7 Å². The van der Waals surface area contributed by atoms with Gasteiger partial charge in [-0.15, -0.1) is 0 Å². The number of halogens is 2. The van der Waals surface area contributed by atoms with Crippen LogP contribution in [0.2, 0.25) is 0 Å². The van der Waals surface area contributed by atoms with Gasteiger partial charge >= 0.3 is 0 Å². The Morgan fingerprint density at radius 3 is 2.80 bits per heavy atom. The molecule has 1 rings (SSSR count). The van der Waals surface area contributed by atoms with Gasteiger partial charge in [-0.05, 0) is 25.1 Å². The highest BCUT2D eigenvalue weighted by molar-refractivity contribution is 9.11. The van der Waals surface area contributed by atoms with Crippen molar-refractivity contribution in [2.24, 2.45) is 0 Å². The molecular formula is C11H12Br2O2. The lowest BCUT2D eigenvalue weighted by Crippen LogP contribution is -2.01. The fraction of sp³-hybridized carbons (Fsp3) is 0.273. The maximum absolute atomic E-state index is 9.56. The summed E-state index contributed by atoms with van der Waals surface area (Å²) in [6.07, 6.45) is -0.555. The van der Waals surface area contributed by atoms with E-state index in [9.17, 15) is 5.11 Å². The SMILES string of the molecule is C=C(Br)COc1ccc(Br)cc1[C@H](C)O. The standard InChI is InChI=1S/C11H12Br2O2/c1-7(12)6-15-11-4-3-9(13)5-10(11)8(2)14/h3-5,8,14H,1,6H2,2H3/t8-/m0/s1. The number of hydrogen-bond acceptors (Lipinski definition) is 2. The molecule has 82 valence electrons. The lowest BCUT2D eigenvalue weighted by Gasteiger charge is -2.13. The minimum Gasteiger partial charge on any atom is -0.488 e. The molecule has 0 spiro atoms. The zero-order chi connectivity index (χ0) is 11.4. The Balaban J connectivity index is 2.90. The molecule has 1 aromatic carbocycles. The van der Waals surface area contributed by atoms with Crippen molar-refractivity contribution in [3.63, 3.8) is 0 Å². The second kappa shape index (κ2) is 5.68. The summed E-state index contributed by atoms with van der Waals surface area (Å²) in [6, 6.07) is 5.54. The van der Waals surface area contributed by atoms with Gasteiger partial charge < -0.3 is 9.84 Å². The summed E-state index contributed by atoms with van der Waals surface area (Å²) < 4.78 is 7.17. The van der Waals surface area contributed by atoms with Gasteiger partial charge in [0.05, 0.1) is 6.10 Å². The van der Waals surface area contributed by atoms with E-state index in [0.29, 0.717) is 12.4 Å². The summed E-state index contributed by atoms with van der Waals surface area (Å²) >= 11 is 6.57. The molecule has 15 heavy (non-hydrogen) atoms. The van der Waals surface area contributed by atoms with Crippen molar-refractivity contribution >= 4 is 31.9 Å². The van der Waals surface area contributed by atoms with E-state index in [0.717, 1.165) is 14.5 Å². The Morgan fingerprint density at radius 1 is 1.60 bits per heavy atom. The quantitative estimate of drug-likeness (QED) is 0.907. The fourth-order valence-electron chi connectivity index (χ4n) is 1.13. The fourth-order valence-corrected chi connectivity index (χ4v) is 1.63. The van der Waals surface area contributed by atoms with Crippen molar-refractivity contribution in [2.75, 3.05) is 6.61 Å². The molecule has 2 nitrogen and oxygen atoms in total. The molecule has 0 fully saturated rings. The number of hydrogen-bond donors (Lipinski definition) is 1. The molecule has 4 heteroatoms. The summed E-state index contributed by atoms with van der Waals surface area (Å²) in [6.45, 7) is 5.78. The minimum atomic E-state index is -0.555. The number of aliphatic hydroxyl groups excluding tert-OH is 1. The highest BCUT2D eigenvalue weighted by Gasteiger charge is 2.09. The van der Waals surface area contributed by atoms with E-state index in [1.165, 1.54) is 0 Å². The number of rotatable bonds is 4. The van der Waals surface area contributed by atoms with E-state index < -0.39 is 6.10 Å². The van der Waals surface area contributed by atoms with Crippen LogP contribution >= 0.6 is 31.9 Å². The molecule has 0 aliphatic rings. The third kappa shape index (κ3) is 3.97. The zero-order valence-electron chi connectivity index (χ0n) is 8.34. The first-order chi connectivity index (χ1) is 7.00. The van der Waals surface area contributed by atoms with Gasteiger partial charge in [0, 0.05) is 14.5 Å². The van der Waals surface area contributed by atoms with Gasteiger partial charge in [0.1, 0.15) is 12.4 Å². The van der Waals surface area contributed by atoms with Gasteiger partial charge in [-0.3, -0.25) is 0 Å². The lowest BCUT2D eigenvalue weighted by molar-refractivity contribution is 0.193. The predicted octanol–water partition coefficient (Wildman–Crippen LogP) is 3.79. The average Bonchev–Trinajstić information content (AvgIpc) is 2.15. The average molecular weight is 336 g/mol. The molecule has 0 amide bonds. The smallest absolute Gasteiger partial charge is 0.125 e. The molecule has 1 atom stereocenters. The first kappa shape index (κ1) is 12.7. The van der Waals surface area contributed by atoms with Crippen LogP contribution in [0.1, 0.15) is 18.6 Å². The molecule has 0 saturated heterocycles. The third-order valence-electron chi connectivity index (χ3n) is 1.81. The summed E-state index contributed by atoms with van der Waals surface area (Å²) in [7, 11) is 0. The normalized spacial score (nSPS) is 12.3. The van der Waals surface area contributed by atoms with Gasteiger partial charge in [-0.1, -0.05) is 38.4 Å². The number of benzene rings is 1. The number of aliphatic hydroxyl groups is 1. The molecule has 1 aromatic rings. The van der Waals surface area contributed by atoms with Crippen molar-refractivity contribution in [3.05, 3.63) is 39.3 Å². The van der Waals surface area contributed by atoms with Gasteiger partial charge in [-0.25, -0.2) is 0 Å². The molecule has 1 N–H and O–H groups in total. The topological polar surface area (TPSA) is 29.5 Å². The minimum absolute atomic E-state index is 0.390. The largest absolute Gasteiger partial charge is 0.488 e. The van der Waals surface area contributed by atoms with Gasteiger partial charge in [0.2, 0.25) is 0 Å². The molecule has 0 bridgehead atoms. The van der Waals surface area contributed by atoms with Crippen LogP contribution in [0.3, 0.4) is 0 Å². The summed E-state index contributed by atoms with van der Waals surface area (Å²) in [4.78, 5) is 0. The molecule has 0 unspecified atom stereocenters. The summed E-state index contributed by atoms with van der Waals surface area (Å²) in [5.74, 6) is 0.675. The predicted molar refractivity (Wildman–Crippen MR) is 68.3 cm³/mol. The molecule has 0 aromatic heterocycles. The highest BCUT2D eigenvalue weighted by atomic mass is 79.9. The van der Waals surface area contributed by atoms with Crippen molar-refractivity contribution in [2.45, 2.75) is 13.0 Å².